The SMILES string of the molecule is OC1c2ccccc2CCCC1N1Cc2ccccc2C1. The largest absolute Gasteiger partial charge is 0.387 e. The first-order chi connectivity index (χ1) is 10.3. The molecule has 2 aromatic rings. The van der Waals surface area contributed by atoms with E-state index < -0.39 is 0 Å². The number of nitrogens with zero attached hydrogens (tertiary/aromatic N) is 1. The summed E-state index contributed by atoms with van der Waals surface area (Å²) in [6.07, 6.45) is 2.96. The molecule has 0 saturated heterocycles. The summed E-state index contributed by atoms with van der Waals surface area (Å²) in [6, 6.07) is 17.3. The van der Waals surface area contributed by atoms with Gasteiger partial charge < -0.3 is 5.11 Å². The molecule has 2 aromatic carbocycles. The summed E-state index contributed by atoms with van der Waals surface area (Å²) >= 11 is 0. The van der Waals surface area contributed by atoms with Crippen LogP contribution >= 0.6 is 0 Å². The Morgan fingerprint density at radius 3 is 2.19 bits per heavy atom. The van der Waals surface area contributed by atoms with Crippen LogP contribution in [0.2, 0.25) is 0 Å². The Kier molecular flexibility index (Phi) is 3.28. The van der Waals surface area contributed by atoms with Crippen LogP contribution in [0.25, 0.3) is 0 Å². The molecule has 2 heteroatoms. The van der Waals surface area contributed by atoms with Crippen LogP contribution in [0, 0.1) is 0 Å². The van der Waals surface area contributed by atoms with Gasteiger partial charge in [0.2, 0.25) is 0 Å². The van der Waals surface area contributed by atoms with Crippen molar-refractivity contribution in [3.05, 3.63) is 70.8 Å². The highest BCUT2D eigenvalue weighted by atomic mass is 16.3. The van der Waals surface area contributed by atoms with E-state index in [0.717, 1.165) is 37.9 Å². The molecule has 2 atom stereocenters. The van der Waals surface area contributed by atoms with E-state index in [0.29, 0.717) is 0 Å². The van der Waals surface area contributed by atoms with Crippen LogP contribution in [0.5, 0.6) is 0 Å². The van der Waals surface area contributed by atoms with Gasteiger partial charge in [0.15, 0.2) is 0 Å². The Balaban J connectivity index is 1.62. The second-order valence-corrected chi connectivity index (χ2v) is 6.28. The zero-order chi connectivity index (χ0) is 14.2. The highest BCUT2D eigenvalue weighted by Crippen LogP contribution is 2.35. The van der Waals surface area contributed by atoms with Crippen LogP contribution in [-0.2, 0) is 19.5 Å². The Hall–Kier alpha value is -1.64. The van der Waals surface area contributed by atoms with Crippen LogP contribution in [-0.4, -0.2) is 16.0 Å². The molecule has 2 unspecified atom stereocenters. The van der Waals surface area contributed by atoms with Crippen molar-refractivity contribution >= 4 is 0 Å². The molecule has 0 amide bonds. The van der Waals surface area contributed by atoms with Crippen molar-refractivity contribution in [2.75, 3.05) is 0 Å². The predicted octanol–water partition coefficient (Wildman–Crippen LogP) is 3.44. The van der Waals surface area contributed by atoms with E-state index in [1.54, 1.807) is 0 Å². The first-order valence-corrected chi connectivity index (χ1v) is 7.89. The van der Waals surface area contributed by atoms with Gasteiger partial charge in [-0.2, -0.15) is 0 Å². The molecule has 0 radical (unpaired) electrons. The smallest absolute Gasteiger partial charge is 0.0948 e. The number of aryl methyl sites for hydroxylation is 1. The lowest BCUT2D eigenvalue weighted by atomic mass is 9.98. The normalized spacial score (nSPS) is 25.2. The fourth-order valence-electron chi connectivity index (χ4n) is 3.89. The second kappa shape index (κ2) is 5.28. The number of rotatable bonds is 1. The maximum Gasteiger partial charge on any atom is 0.0948 e. The number of hydrogen-bond acceptors (Lipinski definition) is 2. The van der Waals surface area contributed by atoms with Gasteiger partial charge in [-0.1, -0.05) is 48.5 Å². The quantitative estimate of drug-likeness (QED) is 0.808. The fourth-order valence-corrected chi connectivity index (χ4v) is 3.89. The molecule has 1 heterocycles. The van der Waals surface area contributed by atoms with Crippen molar-refractivity contribution in [1.29, 1.82) is 0 Å². The van der Waals surface area contributed by atoms with E-state index in [4.69, 9.17) is 0 Å². The minimum Gasteiger partial charge on any atom is -0.387 e. The summed E-state index contributed by atoms with van der Waals surface area (Å²) in [6.45, 7) is 1.94. The van der Waals surface area contributed by atoms with Crippen LogP contribution in [0.15, 0.2) is 48.5 Å². The fraction of sp³-hybridized carbons (Fsp3) is 0.368. The average Bonchev–Trinajstić information content (AvgIpc) is 2.87. The minimum absolute atomic E-state index is 0.237. The molecular formula is C19H21NO. The van der Waals surface area contributed by atoms with Crippen LogP contribution in [0.3, 0.4) is 0 Å². The number of aliphatic hydroxyl groups excluding tert-OH is 1. The molecule has 0 saturated carbocycles. The average molecular weight is 279 g/mol. The zero-order valence-corrected chi connectivity index (χ0v) is 12.2. The summed E-state index contributed by atoms with van der Waals surface area (Å²) in [4.78, 5) is 2.46. The van der Waals surface area contributed by atoms with Gasteiger partial charge in [0, 0.05) is 19.1 Å². The molecule has 4 rings (SSSR count). The third-order valence-electron chi connectivity index (χ3n) is 5.02. The van der Waals surface area contributed by atoms with Gasteiger partial charge in [-0.25, -0.2) is 0 Å². The molecule has 0 spiro atoms. The molecule has 1 N–H and O–H groups in total. The summed E-state index contributed by atoms with van der Waals surface area (Å²) in [5.41, 5.74) is 5.30. The summed E-state index contributed by atoms with van der Waals surface area (Å²) in [5.74, 6) is 0. The summed E-state index contributed by atoms with van der Waals surface area (Å²) in [5, 5.41) is 10.9. The van der Waals surface area contributed by atoms with Crippen LogP contribution in [0.4, 0.5) is 0 Å². The molecule has 0 fully saturated rings. The lowest BCUT2D eigenvalue weighted by molar-refractivity contribution is 0.0425. The van der Waals surface area contributed by atoms with Crippen molar-refractivity contribution < 1.29 is 5.11 Å². The van der Waals surface area contributed by atoms with Crippen molar-refractivity contribution in [2.24, 2.45) is 0 Å². The highest BCUT2D eigenvalue weighted by molar-refractivity contribution is 5.33. The van der Waals surface area contributed by atoms with Crippen molar-refractivity contribution in [3.63, 3.8) is 0 Å². The molecule has 1 aliphatic heterocycles. The Bertz CT molecular complexity index is 627. The van der Waals surface area contributed by atoms with Crippen molar-refractivity contribution in [2.45, 2.75) is 44.5 Å². The van der Waals surface area contributed by atoms with Crippen LogP contribution in [0.1, 0.15) is 41.2 Å². The molecule has 2 aliphatic rings. The molecule has 1 aliphatic carbocycles. The summed E-state index contributed by atoms with van der Waals surface area (Å²) < 4.78 is 0. The number of fused-ring (bicyclic) bond motifs is 2. The number of hydrogen-bond donors (Lipinski definition) is 1. The van der Waals surface area contributed by atoms with E-state index in [2.05, 4.69) is 47.4 Å². The predicted molar refractivity (Wildman–Crippen MR) is 83.8 cm³/mol. The van der Waals surface area contributed by atoms with Gasteiger partial charge in [-0.3, -0.25) is 4.90 Å². The van der Waals surface area contributed by atoms with Gasteiger partial charge in [-0.15, -0.1) is 0 Å². The maximum atomic E-state index is 10.9. The van der Waals surface area contributed by atoms with E-state index in [1.165, 1.54) is 16.7 Å². The lowest BCUT2D eigenvalue weighted by Crippen LogP contribution is -2.35. The minimum atomic E-state index is -0.363. The van der Waals surface area contributed by atoms with E-state index >= 15 is 0 Å². The van der Waals surface area contributed by atoms with E-state index in [1.807, 2.05) is 6.07 Å². The first-order valence-electron chi connectivity index (χ1n) is 7.89. The molecule has 2 nitrogen and oxygen atoms in total. The Morgan fingerprint density at radius 2 is 1.48 bits per heavy atom. The van der Waals surface area contributed by atoms with Gasteiger partial charge in [0.25, 0.3) is 0 Å². The monoisotopic (exact) mass is 279 g/mol. The number of aliphatic hydroxyl groups is 1. The van der Waals surface area contributed by atoms with Gasteiger partial charge in [0.05, 0.1) is 6.10 Å². The van der Waals surface area contributed by atoms with Crippen LogP contribution < -0.4 is 0 Å². The Morgan fingerprint density at radius 1 is 0.857 bits per heavy atom. The standard InChI is InChI=1S/C19H21NO/c21-19-17-10-4-3-6-14(17)9-5-11-18(19)20-12-15-7-1-2-8-16(15)13-20/h1-4,6-8,10,18-19,21H,5,9,11-13H2. The molecule has 21 heavy (non-hydrogen) atoms. The van der Waals surface area contributed by atoms with Crippen molar-refractivity contribution in [1.82, 2.24) is 4.90 Å². The topological polar surface area (TPSA) is 23.5 Å². The molecule has 108 valence electrons. The van der Waals surface area contributed by atoms with Gasteiger partial charge >= 0.3 is 0 Å². The van der Waals surface area contributed by atoms with Gasteiger partial charge in [0.1, 0.15) is 0 Å². The third kappa shape index (κ3) is 2.29. The Labute approximate surface area is 126 Å². The second-order valence-electron chi connectivity index (χ2n) is 6.28. The molecular weight excluding hydrogens is 258 g/mol. The molecule has 0 aromatic heterocycles. The maximum absolute atomic E-state index is 10.9. The van der Waals surface area contributed by atoms with Gasteiger partial charge in [-0.05, 0) is 41.5 Å². The first kappa shape index (κ1) is 13.1. The summed E-state index contributed by atoms with van der Waals surface area (Å²) in [7, 11) is 0. The lowest BCUT2D eigenvalue weighted by Gasteiger charge is -2.31. The highest BCUT2D eigenvalue weighted by Gasteiger charge is 2.33. The molecule has 0 bridgehead atoms. The zero-order valence-electron chi connectivity index (χ0n) is 12.2. The van der Waals surface area contributed by atoms with E-state index in [9.17, 15) is 5.11 Å². The van der Waals surface area contributed by atoms with E-state index in [-0.39, 0.29) is 12.1 Å². The van der Waals surface area contributed by atoms with Crippen molar-refractivity contribution in [3.8, 4) is 0 Å². The third-order valence-corrected chi connectivity index (χ3v) is 5.02. The number of benzene rings is 2.